The van der Waals surface area contributed by atoms with E-state index in [2.05, 4.69) is 35.2 Å². The number of hydrogen-bond donors (Lipinski definition) is 0. The Morgan fingerprint density at radius 3 is 2.59 bits per heavy atom. The molecule has 0 N–H and O–H groups in total. The van der Waals surface area contributed by atoms with Crippen molar-refractivity contribution in [3.63, 3.8) is 0 Å². The molecule has 3 unspecified atom stereocenters. The molecule has 2 aromatic carbocycles. The van der Waals surface area contributed by atoms with Crippen LogP contribution in [0.4, 0.5) is 0 Å². The number of rotatable bonds is 3. The second-order valence-electron chi connectivity index (χ2n) is 9.57. The summed E-state index contributed by atoms with van der Waals surface area (Å²) in [6, 6.07) is 24.8. The van der Waals surface area contributed by atoms with Gasteiger partial charge in [-0.3, -0.25) is 9.20 Å². The summed E-state index contributed by atoms with van der Waals surface area (Å²) in [6.07, 6.45) is 7.63. The summed E-state index contributed by atoms with van der Waals surface area (Å²) in [6.45, 7) is 0.772. The fourth-order valence-corrected chi connectivity index (χ4v) is 6.38. The molecule has 5 heteroatoms. The SMILES string of the molecule is O=C(c1nc(-c2cccc(Cl)c2)c2ccccn12)N1CCC(c2ccccc2)C2CCCCC21. The van der Waals surface area contributed by atoms with Crippen LogP contribution in [0.1, 0.15) is 54.2 Å². The molecule has 3 atom stereocenters. The lowest BCUT2D eigenvalue weighted by molar-refractivity contribution is 0.0308. The summed E-state index contributed by atoms with van der Waals surface area (Å²) in [4.78, 5) is 21.1. The van der Waals surface area contributed by atoms with Crippen molar-refractivity contribution in [1.82, 2.24) is 14.3 Å². The molecule has 172 valence electrons. The quantitative estimate of drug-likeness (QED) is 0.329. The highest BCUT2D eigenvalue weighted by molar-refractivity contribution is 6.30. The molecular formula is C29H28ClN3O. The Morgan fingerprint density at radius 1 is 0.912 bits per heavy atom. The van der Waals surface area contributed by atoms with Crippen molar-refractivity contribution < 1.29 is 4.79 Å². The Bertz CT molecular complexity index is 1330. The molecule has 3 heterocycles. The predicted octanol–water partition coefficient (Wildman–Crippen LogP) is 6.84. The van der Waals surface area contributed by atoms with Crippen LogP contribution in [0.3, 0.4) is 0 Å². The smallest absolute Gasteiger partial charge is 0.290 e. The fourth-order valence-electron chi connectivity index (χ4n) is 6.19. The first-order valence-electron chi connectivity index (χ1n) is 12.3. The summed E-state index contributed by atoms with van der Waals surface area (Å²) in [5, 5.41) is 0.662. The third kappa shape index (κ3) is 3.70. The van der Waals surface area contributed by atoms with Crippen molar-refractivity contribution in [2.75, 3.05) is 6.54 Å². The molecule has 1 aliphatic carbocycles. The minimum absolute atomic E-state index is 0.0397. The summed E-state index contributed by atoms with van der Waals surface area (Å²) < 4.78 is 1.94. The van der Waals surface area contributed by atoms with Crippen molar-refractivity contribution >= 4 is 23.0 Å². The van der Waals surface area contributed by atoms with Gasteiger partial charge in [0, 0.05) is 29.4 Å². The maximum absolute atomic E-state index is 14.0. The number of nitrogens with zero attached hydrogens (tertiary/aromatic N) is 3. The van der Waals surface area contributed by atoms with E-state index >= 15 is 0 Å². The molecule has 1 amide bonds. The van der Waals surface area contributed by atoms with Crippen LogP contribution in [0, 0.1) is 5.92 Å². The topological polar surface area (TPSA) is 37.6 Å². The number of halogens is 1. The lowest BCUT2D eigenvalue weighted by Gasteiger charge is -2.48. The van der Waals surface area contributed by atoms with Gasteiger partial charge >= 0.3 is 0 Å². The second-order valence-corrected chi connectivity index (χ2v) is 10.0. The number of imidazole rings is 1. The molecule has 0 radical (unpaired) electrons. The standard InChI is InChI=1S/C29H28ClN3O/c30-22-12-8-11-21(19-22)27-26-15-6-7-17-32(26)28(31-27)29(34)33-18-16-23(20-9-2-1-3-10-20)24-13-4-5-14-25(24)33/h1-3,6-12,15,17,19,23-25H,4-5,13-14,16,18H2. The van der Waals surface area contributed by atoms with Crippen molar-refractivity contribution in [3.8, 4) is 11.3 Å². The van der Waals surface area contributed by atoms with Crippen LogP contribution in [-0.4, -0.2) is 32.8 Å². The van der Waals surface area contributed by atoms with E-state index in [0.29, 0.717) is 22.7 Å². The van der Waals surface area contributed by atoms with E-state index in [9.17, 15) is 4.79 Å². The fraction of sp³-hybridized carbons (Fsp3) is 0.310. The Labute approximate surface area is 205 Å². The van der Waals surface area contributed by atoms with Gasteiger partial charge < -0.3 is 4.90 Å². The van der Waals surface area contributed by atoms with Crippen LogP contribution in [0.25, 0.3) is 16.8 Å². The Hall–Kier alpha value is -3.11. The van der Waals surface area contributed by atoms with Crippen LogP contribution < -0.4 is 0 Å². The number of benzene rings is 2. The van der Waals surface area contributed by atoms with Gasteiger partial charge in [-0.05, 0) is 60.9 Å². The lowest BCUT2D eigenvalue weighted by Crippen LogP contribution is -2.52. The summed E-state index contributed by atoms with van der Waals surface area (Å²) in [7, 11) is 0. The summed E-state index contributed by atoms with van der Waals surface area (Å²) in [5.41, 5.74) is 4.06. The molecule has 4 nitrogen and oxygen atoms in total. The van der Waals surface area contributed by atoms with E-state index < -0.39 is 0 Å². The Kier molecular flexibility index (Phi) is 5.62. The molecule has 1 aliphatic heterocycles. The first-order valence-corrected chi connectivity index (χ1v) is 12.7. The van der Waals surface area contributed by atoms with Gasteiger partial charge in [-0.2, -0.15) is 0 Å². The third-order valence-electron chi connectivity index (χ3n) is 7.71. The van der Waals surface area contributed by atoms with Crippen LogP contribution in [-0.2, 0) is 0 Å². The highest BCUT2D eigenvalue weighted by Gasteiger charge is 2.42. The van der Waals surface area contributed by atoms with E-state index in [0.717, 1.165) is 36.2 Å². The van der Waals surface area contributed by atoms with Crippen molar-refractivity contribution in [2.24, 2.45) is 5.92 Å². The monoisotopic (exact) mass is 469 g/mol. The van der Waals surface area contributed by atoms with Gasteiger partial charge in [0.15, 0.2) is 0 Å². The molecule has 34 heavy (non-hydrogen) atoms. The number of fused-ring (bicyclic) bond motifs is 2. The van der Waals surface area contributed by atoms with Gasteiger partial charge in [0.05, 0.1) is 11.2 Å². The third-order valence-corrected chi connectivity index (χ3v) is 7.94. The number of piperidine rings is 1. The molecular weight excluding hydrogens is 442 g/mol. The zero-order chi connectivity index (χ0) is 23.1. The largest absolute Gasteiger partial charge is 0.333 e. The van der Waals surface area contributed by atoms with Crippen LogP contribution in [0.15, 0.2) is 79.0 Å². The zero-order valence-corrected chi connectivity index (χ0v) is 19.9. The lowest BCUT2D eigenvalue weighted by atomic mass is 9.69. The van der Waals surface area contributed by atoms with Crippen molar-refractivity contribution in [1.29, 1.82) is 0 Å². The molecule has 1 saturated carbocycles. The zero-order valence-electron chi connectivity index (χ0n) is 19.1. The summed E-state index contributed by atoms with van der Waals surface area (Å²) >= 11 is 6.27. The van der Waals surface area contributed by atoms with Crippen LogP contribution in [0.2, 0.25) is 5.02 Å². The first kappa shape index (κ1) is 21.4. The Balaban J connectivity index is 1.37. The van der Waals surface area contributed by atoms with E-state index in [1.54, 1.807) is 0 Å². The van der Waals surface area contributed by atoms with Gasteiger partial charge in [0.25, 0.3) is 5.91 Å². The Morgan fingerprint density at radius 2 is 1.74 bits per heavy atom. The average Bonchev–Trinajstić information content (AvgIpc) is 3.28. The maximum Gasteiger partial charge on any atom is 0.290 e. The average molecular weight is 470 g/mol. The number of likely N-dealkylation sites (tertiary alicyclic amines) is 1. The number of carbonyl (C=O) groups is 1. The highest BCUT2D eigenvalue weighted by atomic mass is 35.5. The number of aromatic nitrogens is 2. The second kappa shape index (κ2) is 8.92. The van der Waals surface area contributed by atoms with Gasteiger partial charge in [-0.1, -0.05) is 73.0 Å². The number of carbonyl (C=O) groups excluding carboxylic acids is 1. The van der Waals surface area contributed by atoms with Crippen molar-refractivity contribution in [3.05, 3.63) is 95.4 Å². The summed E-state index contributed by atoms with van der Waals surface area (Å²) in [5.74, 6) is 1.56. The molecule has 0 spiro atoms. The maximum atomic E-state index is 14.0. The van der Waals surface area contributed by atoms with Crippen molar-refractivity contribution in [2.45, 2.75) is 44.1 Å². The van der Waals surface area contributed by atoms with E-state index in [1.165, 1.54) is 24.8 Å². The van der Waals surface area contributed by atoms with Gasteiger partial charge in [0.1, 0.15) is 0 Å². The molecule has 4 aromatic rings. The number of pyridine rings is 1. The molecule has 6 rings (SSSR count). The van der Waals surface area contributed by atoms with Gasteiger partial charge in [-0.25, -0.2) is 4.98 Å². The van der Waals surface area contributed by atoms with Gasteiger partial charge in [0.2, 0.25) is 5.82 Å². The van der Waals surface area contributed by atoms with Gasteiger partial charge in [-0.15, -0.1) is 0 Å². The molecule has 2 aliphatic rings. The van der Waals surface area contributed by atoms with Crippen LogP contribution in [0.5, 0.6) is 0 Å². The molecule has 0 bridgehead atoms. The first-order chi connectivity index (χ1) is 16.7. The van der Waals surface area contributed by atoms with E-state index in [-0.39, 0.29) is 11.9 Å². The number of hydrogen-bond acceptors (Lipinski definition) is 2. The minimum Gasteiger partial charge on any atom is -0.333 e. The van der Waals surface area contributed by atoms with Crippen LogP contribution >= 0.6 is 11.6 Å². The highest BCUT2D eigenvalue weighted by Crippen LogP contribution is 2.44. The molecule has 2 fully saturated rings. The van der Waals surface area contributed by atoms with E-state index in [1.807, 2.05) is 53.1 Å². The number of amides is 1. The van der Waals surface area contributed by atoms with E-state index in [4.69, 9.17) is 16.6 Å². The predicted molar refractivity (Wildman–Crippen MR) is 136 cm³/mol. The minimum atomic E-state index is 0.0397. The normalized spacial score (nSPS) is 22.5. The molecule has 2 aromatic heterocycles. The molecule has 1 saturated heterocycles.